The molecular formula is C11H11N3O2S. The van der Waals surface area contributed by atoms with Gasteiger partial charge in [-0.15, -0.1) is 0 Å². The zero-order chi connectivity index (χ0) is 11.8. The molecule has 2 heterocycles. The zero-order valence-corrected chi connectivity index (χ0v) is 9.79. The predicted octanol–water partition coefficient (Wildman–Crippen LogP) is 0.996. The molecule has 0 unspecified atom stereocenters. The van der Waals surface area contributed by atoms with Crippen molar-refractivity contribution in [2.75, 3.05) is 18.9 Å². The molecule has 0 saturated carbocycles. The highest BCUT2D eigenvalue weighted by Crippen LogP contribution is 2.25. The first-order valence-electron chi connectivity index (χ1n) is 5.26. The summed E-state index contributed by atoms with van der Waals surface area (Å²) >= 11 is 1.54. The number of anilines is 1. The number of hydrogen-bond acceptors (Lipinski definition) is 5. The van der Waals surface area contributed by atoms with Gasteiger partial charge in [0, 0.05) is 5.69 Å². The molecular weight excluding hydrogens is 238 g/mol. The molecule has 88 valence electrons. The topological polar surface area (TPSA) is 81.0 Å². The lowest BCUT2D eigenvalue weighted by molar-refractivity contribution is 0.0454. The lowest BCUT2D eigenvalue weighted by Crippen LogP contribution is -2.30. The molecule has 1 aliphatic heterocycles. The van der Waals surface area contributed by atoms with Crippen molar-refractivity contribution in [3.8, 4) is 0 Å². The lowest BCUT2D eigenvalue weighted by Gasteiger charge is -2.24. The van der Waals surface area contributed by atoms with Gasteiger partial charge in [0.1, 0.15) is 0 Å². The number of aromatic nitrogens is 2. The van der Waals surface area contributed by atoms with Crippen LogP contribution < -0.4 is 11.3 Å². The molecule has 3 rings (SSSR count). The first-order valence-corrected chi connectivity index (χ1v) is 6.14. The van der Waals surface area contributed by atoms with Crippen molar-refractivity contribution >= 4 is 28.4 Å². The van der Waals surface area contributed by atoms with Crippen LogP contribution >= 0.6 is 11.8 Å². The van der Waals surface area contributed by atoms with Crippen LogP contribution in [0.15, 0.2) is 28.2 Å². The highest BCUT2D eigenvalue weighted by atomic mass is 32.2. The van der Waals surface area contributed by atoms with E-state index in [1.807, 2.05) is 0 Å². The summed E-state index contributed by atoms with van der Waals surface area (Å²) in [5.74, 6) is 0. The van der Waals surface area contributed by atoms with Crippen LogP contribution in [0.1, 0.15) is 0 Å². The molecule has 17 heavy (non-hydrogen) atoms. The SMILES string of the molecule is Nc1ccc2nc(SC3COC3)[nH]c(=O)c2c1. The Morgan fingerprint density at radius 3 is 3.00 bits per heavy atom. The minimum Gasteiger partial charge on any atom is -0.399 e. The smallest absolute Gasteiger partial charge is 0.259 e. The molecule has 2 aromatic rings. The molecule has 0 amide bonds. The van der Waals surface area contributed by atoms with Gasteiger partial charge in [0.25, 0.3) is 5.56 Å². The van der Waals surface area contributed by atoms with Gasteiger partial charge in [-0.2, -0.15) is 0 Å². The number of nitrogen functional groups attached to an aromatic ring is 1. The fraction of sp³-hybridized carbons (Fsp3) is 0.273. The van der Waals surface area contributed by atoms with E-state index in [0.29, 0.717) is 40.2 Å². The number of ether oxygens (including phenoxy) is 1. The Morgan fingerprint density at radius 2 is 2.29 bits per heavy atom. The van der Waals surface area contributed by atoms with Crippen LogP contribution in [0.4, 0.5) is 5.69 Å². The summed E-state index contributed by atoms with van der Waals surface area (Å²) in [6.45, 7) is 1.43. The van der Waals surface area contributed by atoms with E-state index in [4.69, 9.17) is 10.5 Å². The molecule has 1 saturated heterocycles. The van der Waals surface area contributed by atoms with E-state index < -0.39 is 0 Å². The Morgan fingerprint density at radius 1 is 1.47 bits per heavy atom. The number of H-pyrrole nitrogens is 1. The van der Waals surface area contributed by atoms with Gasteiger partial charge in [-0.25, -0.2) is 4.98 Å². The summed E-state index contributed by atoms with van der Waals surface area (Å²) in [7, 11) is 0. The van der Waals surface area contributed by atoms with Crippen molar-refractivity contribution in [2.24, 2.45) is 0 Å². The van der Waals surface area contributed by atoms with Gasteiger partial charge in [-0.1, -0.05) is 11.8 Å². The molecule has 5 nitrogen and oxygen atoms in total. The molecule has 6 heteroatoms. The fourth-order valence-electron chi connectivity index (χ4n) is 1.63. The third-order valence-electron chi connectivity index (χ3n) is 2.59. The van der Waals surface area contributed by atoms with Gasteiger partial charge in [-0.3, -0.25) is 4.79 Å². The van der Waals surface area contributed by atoms with Gasteiger partial charge in [0.2, 0.25) is 0 Å². The first-order chi connectivity index (χ1) is 8.22. The van der Waals surface area contributed by atoms with Gasteiger partial charge in [0.05, 0.1) is 29.4 Å². The van der Waals surface area contributed by atoms with Crippen molar-refractivity contribution in [1.29, 1.82) is 0 Å². The van der Waals surface area contributed by atoms with E-state index in [-0.39, 0.29) is 5.56 Å². The number of nitrogens with two attached hydrogens (primary N) is 1. The zero-order valence-electron chi connectivity index (χ0n) is 8.97. The maximum Gasteiger partial charge on any atom is 0.259 e. The summed E-state index contributed by atoms with van der Waals surface area (Å²) < 4.78 is 5.08. The average molecular weight is 249 g/mol. The summed E-state index contributed by atoms with van der Waals surface area (Å²) in [5.41, 5.74) is 6.73. The van der Waals surface area contributed by atoms with E-state index in [9.17, 15) is 4.79 Å². The molecule has 3 N–H and O–H groups in total. The number of hydrogen-bond donors (Lipinski definition) is 2. The third-order valence-corrected chi connectivity index (χ3v) is 3.62. The van der Waals surface area contributed by atoms with Crippen LogP contribution in [0, 0.1) is 0 Å². The van der Waals surface area contributed by atoms with Crippen molar-refractivity contribution in [3.05, 3.63) is 28.6 Å². The van der Waals surface area contributed by atoms with Crippen LogP contribution in [0.25, 0.3) is 10.9 Å². The second-order valence-electron chi connectivity index (χ2n) is 3.92. The number of benzene rings is 1. The lowest BCUT2D eigenvalue weighted by atomic mass is 10.2. The number of nitrogens with one attached hydrogen (secondary N) is 1. The number of fused-ring (bicyclic) bond motifs is 1. The fourth-order valence-corrected chi connectivity index (χ4v) is 2.58. The van der Waals surface area contributed by atoms with Crippen LogP contribution in [-0.2, 0) is 4.74 Å². The van der Waals surface area contributed by atoms with E-state index in [0.717, 1.165) is 0 Å². The number of aromatic amines is 1. The Bertz CT molecular complexity index is 622. The van der Waals surface area contributed by atoms with Crippen molar-refractivity contribution in [3.63, 3.8) is 0 Å². The van der Waals surface area contributed by atoms with Crippen molar-refractivity contribution in [2.45, 2.75) is 10.4 Å². The van der Waals surface area contributed by atoms with E-state index in [1.165, 1.54) is 0 Å². The van der Waals surface area contributed by atoms with Crippen molar-refractivity contribution < 1.29 is 4.74 Å². The largest absolute Gasteiger partial charge is 0.399 e. The van der Waals surface area contributed by atoms with Gasteiger partial charge in [0.15, 0.2) is 5.16 Å². The Kier molecular flexibility index (Phi) is 2.53. The number of rotatable bonds is 2. The normalized spacial score (nSPS) is 16.0. The highest BCUT2D eigenvalue weighted by molar-refractivity contribution is 7.99. The Labute approximate surface area is 101 Å². The van der Waals surface area contributed by atoms with Crippen molar-refractivity contribution in [1.82, 2.24) is 9.97 Å². The molecule has 0 atom stereocenters. The summed E-state index contributed by atoms with van der Waals surface area (Å²) in [6.07, 6.45) is 0. The standard InChI is InChI=1S/C11H11N3O2S/c12-6-1-2-9-8(3-6)10(15)14-11(13-9)17-7-4-16-5-7/h1-3,7H,4-5,12H2,(H,13,14,15). The van der Waals surface area contributed by atoms with Crippen LogP contribution in [0.5, 0.6) is 0 Å². The monoisotopic (exact) mass is 249 g/mol. The molecule has 0 aliphatic carbocycles. The van der Waals surface area contributed by atoms with Crippen LogP contribution in [0.2, 0.25) is 0 Å². The predicted molar refractivity (Wildman–Crippen MR) is 67.2 cm³/mol. The summed E-state index contributed by atoms with van der Waals surface area (Å²) in [6, 6.07) is 5.15. The quantitative estimate of drug-likeness (QED) is 0.613. The average Bonchev–Trinajstić information content (AvgIpc) is 2.25. The summed E-state index contributed by atoms with van der Waals surface area (Å²) in [4.78, 5) is 19.0. The number of thioether (sulfide) groups is 1. The third kappa shape index (κ3) is 2.01. The molecule has 0 radical (unpaired) electrons. The highest BCUT2D eigenvalue weighted by Gasteiger charge is 2.21. The molecule has 1 fully saturated rings. The molecule has 1 aliphatic rings. The maximum absolute atomic E-state index is 11.8. The van der Waals surface area contributed by atoms with Gasteiger partial charge >= 0.3 is 0 Å². The minimum absolute atomic E-state index is 0.148. The first kappa shape index (κ1) is 10.6. The molecule has 0 spiro atoms. The molecule has 1 aromatic carbocycles. The number of nitrogens with zero attached hydrogens (tertiary/aromatic N) is 1. The molecule has 0 bridgehead atoms. The molecule has 1 aromatic heterocycles. The maximum atomic E-state index is 11.8. The van der Waals surface area contributed by atoms with Gasteiger partial charge < -0.3 is 15.5 Å². The van der Waals surface area contributed by atoms with E-state index in [2.05, 4.69) is 9.97 Å². The Hall–Kier alpha value is -1.53. The summed E-state index contributed by atoms with van der Waals surface area (Å²) in [5, 5.41) is 1.56. The van der Waals surface area contributed by atoms with Crippen LogP contribution in [0.3, 0.4) is 0 Å². The second kappa shape index (κ2) is 4.05. The van der Waals surface area contributed by atoms with Crippen LogP contribution in [-0.4, -0.2) is 28.4 Å². The Balaban J connectivity index is 2.04. The van der Waals surface area contributed by atoms with Gasteiger partial charge in [-0.05, 0) is 18.2 Å². The van der Waals surface area contributed by atoms with E-state index in [1.54, 1.807) is 30.0 Å². The second-order valence-corrected chi connectivity index (χ2v) is 5.21. The van der Waals surface area contributed by atoms with E-state index >= 15 is 0 Å². The minimum atomic E-state index is -0.148.